The molecule has 0 aliphatic carbocycles. The third-order valence-electron chi connectivity index (χ3n) is 3.46. The second-order valence-corrected chi connectivity index (χ2v) is 8.24. The summed E-state index contributed by atoms with van der Waals surface area (Å²) in [6, 6.07) is -0.0655. The van der Waals surface area contributed by atoms with Gasteiger partial charge in [-0.05, 0) is 12.8 Å². The van der Waals surface area contributed by atoms with Crippen LogP contribution < -0.4 is 5.73 Å². The van der Waals surface area contributed by atoms with Crippen molar-refractivity contribution in [1.29, 1.82) is 0 Å². The molecule has 3 aromatic rings. The molecule has 0 unspecified atom stereocenters. The van der Waals surface area contributed by atoms with Crippen molar-refractivity contribution in [3.05, 3.63) is 26.8 Å². The molecule has 3 aromatic heterocycles. The van der Waals surface area contributed by atoms with Gasteiger partial charge in [0, 0.05) is 16.1 Å². The minimum Gasteiger partial charge on any atom is -0.461 e. The summed E-state index contributed by atoms with van der Waals surface area (Å²) in [7, 11) is 0. The molecule has 25 heavy (non-hydrogen) atoms. The number of aromatic nitrogens is 3. The van der Waals surface area contributed by atoms with E-state index in [0.29, 0.717) is 23.2 Å². The Hall–Kier alpha value is -1.68. The van der Waals surface area contributed by atoms with Crippen LogP contribution in [0, 0.1) is 5.92 Å². The summed E-state index contributed by atoms with van der Waals surface area (Å²) < 4.78 is 4.96. The van der Waals surface area contributed by atoms with Crippen LogP contribution in [0.4, 0.5) is 0 Å². The lowest BCUT2D eigenvalue weighted by atomic mass is 10.1. The first-order valence-corrected chi connectivity index (χ1v) is 10.4. The van der Waals surface area contributed by atoms with Crippen molar-refractivity contribution in [3.8, 4) is 21.4 Å². The molecular weight excluding hydrogens is 376 g/mol. The Morgan fingerprint density at radius 1 is 1.08 bits per heavy atom. The van der Waals surface area contributed by atoms with E-state index in [1.54, 1.807) is 23.6 Å². The first kappa shape index (κ1) is 18.1. The summed E-state index contributed by atoms with van der Waals surface area (Å²) in [4.78, 5) is 25.3. The minimum absolute atomic E-state index is 0.0655. The highest BCUT2D eigenvalue weighted by atomic mass is 32.1. The molecule has 2 N–H and O–H groups in total. The molecule has 0 radical (unpaired) electrons. The van der Waals surface area contributed by atoms with E-state index in [4.69, 9.17) is 10.5 Å². The van der Waals surface area contributed by atoms with Gasteiger partial charge in [-0.1, -0.05) is 13.8 Å². The Bertz CT molecular complexity index is 868. The number of nitrogens with two attached hydrogens (primary N) is 1. The zero-order valence-corrected chi connectivity index (χ0v) is 16.5. The van der Waals surface area contributed by atoms with Gasteiger partial charge in [-0.15, -0.1) is 34.0 Å². The Morgan fingerprint density at radius 2 is 1.72 bits per heavy atom. The van der Waals surface area contributed by atoms with Crippen LogP contribution in [0.2, 0.25) is 0 Å². The van der Waals surface area contributed by atoms with Crippen molar-refractivity contribution in [2.24, 2.45) is 11.7 Å². The first-order chi connectivity index (χ1) is 12.0. The molecule has 132 valence electrons. The highest BCUT2D eigenvalue weighted by molar-refractivity contribution is 7.16. The van der Waals surface area contributed by atoms with Crippen LogP contribution in [-0.2, 0) is 4.74 Å². The molecule has 0 saturated carbocycles. The predicted molar refractivity (Wildman–Crippen MR) is 102 cm³/mol. The summed E-state index contributed by atoms with van der Waals surface area (Å²) in [5.74, 6) is -0.0743. The molecule has 0 amide bonds. The second-order valence-electron chi connectivity index (χ2n) is 5.64. The Kier molecular flexibility index (Phi) is 5.57. The topological polar surface area (TPSA) is 91.0 Å². The number of ether oxygens (including phenoxy) is 1. The predicted octanol–water partition coefficient (Wildman–Crippen LogP) is 4.22. The van der Waals surface area contributed by atoms with E-state index in [1.807, 2.05) is 10.8 Å². The number of thiazole rings is 3. The van der Waals surface area contributed by atoms with Crippen molar-refractivity contribution in [3.63, 3.8) is 0 Å². The van der Waals surface area contributed by atoms with E-state index in [0.717, 1.165) is 21.4 Å². The summed E-state index contributed by atoms with van der Waals surface area (Å²) in [6.45, 7) is 6.26. The molecule has 1 atom stereocenters. The lowest BCUT2D eigenvalue weighted by Crippen LogP contribution is -2.16. The standard InChI is InChI=1S/C16H18N4O2S3/c1-4-22-16(21)11-7-24-14(20-11)9-5-23-13(18-9)10-6-25-15(19-10)12(17)8(2)3/h5-8,12H,4,17H2,1-3H3/t12-/m1/s1. The maximum absolute atomic E-state index is 11.7. The van der Waals surface area contributed by atoms with Gasteiger partial charge >= 0.3 is 5.97 Å². The number of nitrogens with zero attached hydrogens (tertiary/aromatic N) is 3. The summed E-state index contributed by atoms with van der Waals surface area (Å²) >= 11 is 4.43. The van der Waals surface area contributed by atoms with E-state index in [2.05, 4.69) is 28.8 Å². The van der Waals surface area contributed by atoms with Crippen molar-refractivity contribution in [2.75, 3.05) is 6.61 Å². The molecule has 0 saturated heterocycles. The van der Waals surface area contributed by atoms with E-state index >= 15 is 0 Å². The van der Waals surface area contributed by atoms with Gasteiger partial charge in [-0.3, -0.25) is 0 Å². The molecule has 0 spiro atoms. The number of carbonyl (C=O) groups excluding carboxylic acids is 1. The van der Waals surface area contributed by atoms with Crippen LogP contribution >= 0.6 is 34.0 Å². The van der Waals surface area contributed by atoms with E-state index in [9.17, 15) is 4.79 Å². The van der Waals surface area contributed by atoms with Gasteiger partial charge in [0.15, 0.2) is 5.69 Å². The summed E-state index contributed by atoms with van der Waals surface area (Å²) in [5.41, 5.74) is 8.04. The molecule has 9 heteroatoms. The zero-order chi connectivity index (χ0) is 18.0. The average Bonchev–Trinajstić information content (AvgIpc) is 3.32. The quantitative estimate of drug-likeness (QED) is 0.629. The monoisotopic (exact) mass is 394 g/mol. The van der Waals surface area contributed by atoms with Crippen LogP contribution in [0.15, 0.2) is 16.1 Å². The van der Waals surface area contributed by atoms with Crippen molar-refractivity contribution in [1.82, 2.24) is 15.0 Å². The smallest absolute Gasteiger partial charge is 0.357 e. The molecule has 0 aromatic carbocycles. The van der Waals surface area contributed by atoms with Gasteiger partial charge in [0.2, 0.25) is 0 Å². The number of hydrogen-bond acceptors (Lipinski definition) is 9. The van der Waals surface area contributed by atoms with E-state index in [-0.39, 0.29) is 6.04 Å². The molecule has 6 nitrogen and oxygen atoms in total. The van der Waals surface area contributed by atoms with Crippen LogP contribution in [0.3, 0.4) is 0 Å². The van der Waals surface area contributed by atoms with Crippen LogP contribution in [0.25, 0.3) is 21.4 Å². The Morgan fingerprint density at radius 3 is 2.44 bits per heavy atom. The number of esters is 1. The molecule has 0 bridgehead atoms. The fraction of sp³-hybridized carbons (Fsp3) is 0.375. The van der Waals surface area contributed by atoms with Crippen LogP contribution in [0.5, 0.6) is 0 Å². The third kappa shape index (κ3) is 3.95. The van der Waals surface area contributed by atoms with Crippen molar-refractivity contribution < 1.29 is 9.53 Å². The molecule has 0 fully saturated rings. The van der Waals surface area contributed by atoms with Gasteiger partial charge in [-0.25, -0.2) is 19.7 Å². The van der Waals surface area contributed by atoms with Crippen molar-refractivity contribution in [2.45, 2.75) is 26.8 Å². The fourth-order valence-corrected chi connectivity index (χ4v) is 4.64. The summed E-state index contributed by atoms with van der Waals surface area (Å²) in [5, 5.41) is 8.02. The third-order valence-corrected chi connectivity index (χ3v) is 6.13. The minimum atomic E-state index is -0.410. The van der Waals surface area contributed by atoms with Gasteiger partial charge in [0.1, 0.15) is 26.4 Å². The normalized spacial score (nSPS) is 12.5. The zero-order valence-electron chi connectivity index (χ0n) is 14.1. The number of rotatable bonds is 6. The van der Waals surface area contributed by atoms with Gasteiger partial charge in [0.05, 0.1) is 12.6 Å². The molecule has 0 aliphatic rings. The largest absolute Gasteiger partial charge is 0.461 e. The Labute approximate surface area is 157 Å². The highest BCUT2D eigenvalue weighted by Crippen LogP contribution is 2.33. The van der Waals surface area contributed by atoms with Crippen molar-refractivity contribution >= 4 is 40.0 Å². The maximum Gasteiger partial charge on any atom is 0.357 e. The maximum atomic E-state index is 11.7. The SMILES string of the molecule is CCOC(=O)c1csc(-c2csc(-c3csc([C@H](N)C(C)C)n3)n2)n1. The lowest BCUT2D eigenvalue weighted by molar-refractivity contribution is 0.0520. The molecule has 3 heterocycles. The van der Waals surface area contributed by atoms with E-state index < -0.39 is 5.97 Å². The fourth-order valence-electron chi connectivity index (χ4n) is 2.00. The van der Waals surface area contributed by atoms with Crippen LogP contribution in [-0.4, -0.2) is 27.5 Å². The Balaban J connectivity index is 1.80. The molecule has 0 aliphatic heterocycles. The lowest BCUT2D eigenvalue weighted by Gasteiger charge is -2.11. The molecular formula is C16H18N4O2S3. The van der Waals surface area contributed by atoms with Gasteiger partial charge < -0.3 is 10.5 Å². The number of carbonyl (C=O) groups is 1. The number of hydrogen-bond donors (Lipinski definition) is 1. The van der Waals surface area contributed by atoms with Crippen LogP contribution in [0.1, 0.15) is 42.3 Å². The van der Waals surface area contributed by atoms with Gasteiger partial charge in [0.25, 0.3) is 0 Å². The first-order valence-electron chi connectivity index (χ1n) is 7.79. The highest BCUT2D eigenvalue weighted by Gasteiger charge is 2.18. The second kappa shape index (κ2) is 7.69. The van der Waals surface area contributed by atoms with E-state index in [1.165, 1.54) is 22.7 Å². The average molecular weight is 395 g/mol. The summed E-state index contributed by atoms with van der Waals surface area (Å²) in [6.07, 6.45) is 0. The molecule has 3 rings (SSSR count). The van der Waals surface area contributed by atoms with Gasteiger partial charge in [-0.2, -0.15) is 0 Å².